The highest BCUT2D eigenvalue weighted by Gasteiger charge is 2.12. The van der Waals surface area contributed by atoms with E-state index in [9.17, 15) is 9.59 Å². The van der Waals surface area contributed by atoms with Crippen LogP contribution in [-0.2, 0) is 11.3 Å². The highest BCUT2D eigenvalue weighted by molar-refractivity contribution is 9.10. The van der Waals surface area contributed by atoms with Crippen LogP contribution in [0.5, 0.6) is 0 Å². The van der Waals surface area contributed by atoms with E-state index in [4.69, 9.17) is 5.11 Å². The van der Waals surface area contributed by atoms with Crippen molar-refractivity contribution in [3.63, 3.8) is 0 Å². The maximum absolute atomic E-state index is 12.0. The first-order chi connectivity index (χ1) is 9.90. The normalized spacial score (nSPS) is 11.8. The van der Waals surface area contributed by atoms with E-state index in [-0.39, 0.29) is 18.4 Å². The van der Waals surface area contributed by atoms with Gasteiger partial charge in [0, 0.05) is 31.0 Å². The number of rotatable bonds is 7. The molecule has 1 atom stereocenters. The lowest BCUT2D eigenvalue weighted by atomic mass is 10.1. The van der Waals surface area contributed by atoms with Crippen LogP contribution >= 0.6 is 15.9 Å². The highest BCUT2D eigenvalue weighted by atomic mass is 79.9. The lowest BCUT2D eigenvalue weighted by molar-refractivity contribution is -0.137. The SMILES string of the molecule is CC(CCC(=O)O)CNC(=O)N(C)Cc1ccccc1Br. The Hall–Kier alpha value is -1.56. The van der Waals surface area contributed by atoms with Crippen molar-refractivity contribution in [2.24, 2.45) is 5.92 Å². The van der Waals surface area contributed by atoms with Gasteiger partial charge in [-0.2, -0.15) is 0 Å². The van der Waals surface area contributed by atoms with E-state index in [1.54, 1.807) is 11.9 Å². The molecular weight excluding hydrogens is 336 g/mol. The highest BCUT2D eigenvalue weighted by Crippen LogP contribution is 2.17. The monoisotopic (exact) mass is 356 g/mol. The Morgan fingerprint density at radius 3 is 2.67 bits per heavy atom. The van der Waals surface area contributed by atoms with Crippen LogP contribution in [0.2, 0.25) is 0 Å². The predicted octanol–water partition coefficient (Wildman–Crippen LogP) is 3.09. The summed E-state index contributed by atoms with van der Waals surface area (Å²) >= 11 is 3.46. The van der Waals surface area contributed by atoms with E-state index >= 15 is 0 Å². The summed E-state index contributed by atoms with van der Waals surface area (Å²) in [5.41, 5.74) is 1.04. The average Bonchev–Trinajstić information content (AvgIpc) is 2.44. The van der Waals surface area contributed by atoms with Gasteiger partial charge in [0.15, 0.2) is 0 Å². The molecule has 21 heavy (non-hydrogen) atoms. The van der Waals surface area contributed by atoms with Gasteiger partial charge in [-0.25, -0.2) is 4.79 Å². The Bertz CT molecular complexity index is 494. The summed E-state index contributed by atoms with van der Waals surface area (Å²) in [6.45, 7) is 2.92. The van der Waals surface area contributed by atoms with Crippen LogP contribution in [-0.4, -0.2) is 35.6 Å². The van der Waals surface area contributed by atoms with E-state index in [0.29, 0.717) is 19.5 Å². The number of carboxylic acid groups (broad SMARTS) is 1. The minimum Gasteiger partial charge on any atom is -0.481 e. The maximum Gasteiger partial charge on any atom is 0.317 e. The second kappa shape index (κ2) is 8.67. The first kappa shape index (κ1) is 17.5. The summed E-state index contributed by atoms with van der Waals surface area (Å²) in [6, 6.07) is 7.60. The summed E-state index contributed by atoms with van der Waals surface area (Å²) in [4.78, 5) is 24.1. The van der Waals surface area contributed by atoms with Gasteiger partial charge in [0.05, 0.1) is 0 Å². The molecule has 0 fully saturated rings. The molecule has 5 nitrogen and oxygen atoms in total. The Balaban J connectivity index is 2.38. The van der Waals surface area contributed by atoms with Gasteiger partial charge in [0.25, 0.3) is 0 Å². The minimum absolute atomic E-state index is 0.129. The molecule has 0 aromatic heterocycles. The maximum atomic E-state index is 12.0. The molecule has 0 bridgehead atoms. The number of nitrogens with one attached hydrogen (secondary N) is 1. The molecule has 1 aromatic rings. The van der Waals surface area contributed by atoms with Gasteiger partial charge in [-0.15, -0.1) is 0 Å². The summed E-state index contributed by atoms with van der Waals surface area (Å²) < 4.78 is 0.972. The van der Waals surface area contributed by atoms with Crippen molar-refractivity contribution < 1.29 is 14.7 Å². The number of aliphatic carboxylic acids is 1. The van der Waals surface area contributed by atoms with Gasteiger partial charge in [-0.05, 0) is 24.0 Å². The third kappa shape index (κ3) is 6.62. The van der Waals surface area contributed by atoms with Crippen molar-refractivity contribution in [1.82, 2.24) is 10.2 Å². The van der Waals surface area contributed by atoms with Crippen molar-refractivity contribution in [2.45, 2.75) is 26.3 Å². The van der Waals surface area contributed by atoms with Crippen LogP contribution in [0.1, 0.15) is 25.3 Å². The Labute approximate surface area is 133 Å². The molecule has 6 heteroatoms. The molecule has 2 amide bonds. The van der Waals surface area contributed by atoms with Crippen molar-refractivity contribution in [1.29, 1.82) is 0 Å². The second-order valence-electron chi connectivity index (χ2n) is 5.17. The number of nitrogens with zero attached hydrogens (tertiary/aromatic N) is 1. The molecule has 1 unspecified atom stereocenters. The number of urea groups is 1. The summed E-state index contributed by atoms with van der Waals surface area (Å²) in [7, 11) is 1.73. The van der Waals surface area contributed by atoms with Gasteiger partial charge in [-0.3, -0.25) is 4.79 Å². The predicted molar refractivity (Wildman–Crippen MR) is 85.0 cm³/mol. The number of benzene rings is 1. The number of hydrogen-bond donors (Lipinski definition) is 2. The van der Waals surface area contributed by atoms with Gasteiger partial charge in [0.2, 0.25) is 0 Å². The van der Waals surface area contributed by atoms with Crippen molar-refractivity contribution in [3.8, 4) is 0 Å². The molecule has 0 saturated heterocycles. The second-order valence-corrected chi connectivity index (χ2v) is 6.03. The zero-order chi connectivity index (χ0) is 15.8. The van der Waals surface area contributed by atoms with Crippen LogP contribution in [0.25, 0.3) is 0 Å². The molecule has 1 aromatic carbocycles. The number of carbonyl (C=O) groups excluding carboxylic acids is 1. The van der Waals surface area contributed by atoms with Crippen LogP contribution in [0.15, 0.2) is 28.7 Å². The fraction of sp³-hybridized carbons (Fsp3) is 0.467. The first-order valence-corrected chi connectivity index (χ1v) is 7.63. The number of halogens is 1. The molecule has 0 heterocycles. The minimum atomic E-state index is -0.806. The van der Waals surface area contributed by atoms with Crippen molar-refractivity contribution in [3.05, 3.63) is 34.3 Å². The third-order valence-corrected chi connectivity index (χ3v) is 3.94. The van der Waals surface area contributed by atoms with E-state index in [2.05, 4.69) is 21.2 Å². The fourth-order valence-electron chi connectivity index (χ4n) is 1.82. The first-order valence-electron chi connectivity index (χ1n) is 6.84. The smallest absolute Gasteiger partial charge is 0.317 e. The lowest BCUT2D eigenvalue weighted by Gasteiger charge is -2.20. The Morgan fingerprint density at radius 1 is 1.38 bits per heavy atom. The quantitative estimate of drug-likeness (QED) is 0.788. The van der Waals surface area contributed by atoms with Crippen LogP contribution in [0.3, 0.4) is 0 Å². The van der Waals surface area contributed by atoms with E-state index in [1.807, 2.05) is 31.2 Å². The average molecular weight is 357 g/mol. The largest absolute Gasteiger partial charge is 0.481 e. The van der Waals surface area contributed by atoms with E-state index < -0.39 is 5.97 Å². The molecule has 0 spiro atoms. The molecule has 2 N–H and O–H groups in total. The summed E-state index contributed by atoms with van der Waals surface area (Å²) in [6.07, 6.45) is 0.688. The van der Waals surface area contributed by atoms with Crippen molar-refractivity contribution in [2.75, 3.05) is 13.6 Å². The fourth-order valence-corrected chi connectivity index (χ4v) is 2.23. The van der Waals surface area contributed by atoms with Crippen LogP contribution in [0.4, 0.5) is 4.79 Å². The molecule has 0 saturated carbocycles. The topological polar surface area (TPSA) is 69.6 Å². The number of carboxylic acids is 1. The van der Waals surface area contributed by atoms with E-state index in [1.165, 1.54) is 0 Å². The molecule has 0 aliphatic carbocycles. The zero-order valence-corrected chi connectivity index (χ0v) is 13.9. The Kier molecular flexibility index (Phi) is 7.22. The molecule has 116 valence electrons. The van der Waals surface area contributed by atoms with Crippen molar-refractivity contribution >= 4 is 27.9 Å². The zero-order valence-electron chi connectivity index (χ0n) is 12.3. The molecule has 1 rings (SSSR count). The van der Waals surface area contributed by atoms with Gasteiger partial charge in [0.1, 0.15) is 0 Å². The lowest BCUT2D eigenvalue weighted by Crippen LogP contribution is -2.39. The van der Waals surface area contributed by atoms with Crippen LogP contribution in [0, 0.1) is 5.92 Å². The number of carbonyl (C=O) groups is 2. The molecule has 0 radical (unpaired) electrons. The standard InChI is InChI=1S/C15H21BrN2O3/c1-11(7-8-14(19)20)9-17-15(21)18(2)10-12-5-3-4-6-13(12)16/h3-6,11H,7-10H2,1-2H3,(H,17,21)(H,19,20). The van der Waals surface area contributed by atoms with Gasteiger partial charge < -0.3 is 15.3 Å². The van der Waals surface area contributed by atoms with Gasteiger partial charge in [-0.1, -0.05) is 41.1 Å². The van der Waals surface area contributed by atoms with Gasteiger partial charge >= 0.3 is 12.0 Å². The molecule has 0 aliphatic rings. The Morgan fingerprint density at radius 2 is 2.05 bits per heavy atom. The molecular formula is C15H21BrN2O3. The number of hydrogen-bond acceptors (Lipinski definition) is 2. The van der Waals surface area contributed by atoms with Crippen LogP contribution < -0.4 is 5.32 Å². The third-order valence-electron chi connectivity index (χ3n) is 3.16. The number of amides is 2. The summed E-state index contributed by atoms with van der Waals surface area (Å²) in [5.74, 6) is -0.666. The van der Waals surface area contributed by atoms with E-state index in [0.717, 1.165) is 10.0 Å². The molecule has 0 aliphatic heterocycles. The summed E-state index contributed by atoms with van der Waals surface area (Å²) in [5, 5.41) is 11.4.